The van der Waals surface area contributed by atoms with E-state index in [1.54, 1.807) is 0 Å². The van der Waals surface area contributed by atoms with E-state index in [2.05, 4.69) is 28.8 Å². The molecule has 2 nitrogen and oxygen atoms in total. The van der Waals surface area contributed by atoms with E-state index < -0.39 is 0 Å². The van der Waals surface area contributed by atoms with E-state index in [0.717, 1.165) is 6.42 Å². The zero-order valence-corrected chi connectivity index (χ0v) is 4.96. The van der Waals surface area contributed by atoms with E-state index >= 15 is 0 Å². The second kappa shape index (κ2) is 1.72. The van der Waals surface area contributed by atoms with Crippen molar-refractivity contribution in [1.82, 2.24) is 10.2 Å². The van der Waals surface area contributed by atoms with E-state index in [1.807, 2.05) is 6.20 Å². The van der Waals surface area contributed by atoms with Crippen molar-refractivity contribution in [2.75, 3.05) is 0 Å². The molecule has 0 bridgehead atoms. The molecule has 0 saturated heterocycles. The molecule has 0 saturated carbocycles. The number of allylic oxidation sites excluding steroid dienone is 1. The van der Waals surface area contributed by atoms with Gasteiger partial charge in [0.15, 0.2) is 0 Å². The molecule has 1 aromatic heterocycles. The lowest BCUT2D eigenvalue weighted by Crippen LogP contribution is -1.91. The monoisotopic (exact) mass is 119 g/mol. The average molecular weight is 119 g/mol. The number of rotatable bonds is 0. The smallest absolute Gasteiger partial charge is 0.0562 e. The Bertz CT molecular complexity index is 235. The Kier molecular flexibility index (Phi) is 0.918. The molecule has 0 aromatic carbocycles. The third-order valence-corrected chi connectivity index (χ3v) is 1.49. The van der Waals surface area contributed by atoms with Gasteiger partial charge < -0.3 is 0 Å². The van der Waals surface area contributed by atoms with Crippen molar-refractivity contribution < 1.29 is 0 Å². The molecule has 1 aliphatic carbocycles. The van der Waals surface area contributed by atoms with Crippen molar-refractivity contribution in [3.8, 4) is 0 Å². The lowest BCUT2D eigenvalue weighted by Gasteiger charge is -2.00. The maximum atomic E-state index is 3.91. The Hall–Kier alpha value is -1.05. The van der Waals surface area contributed by atoms with Crippen LogP contribution in [0.4, 0.5) is 0 Å². The number of hydrogen-bond donors (Lipinski definition) is 1. The SMILES string of the molecule is [CH]1C=Cc2cn[nH]c2C1. The Morgan fingerprint density at radius 2 is 2.56 bits per heavy atom. The minimum atomic E-state index is 0.992. The first-order chi connectivity index (χ1) is 4.47. The molecule has 1 heterocycles. The number of hydrogen-bond acceptors (Lipinski definition) is 1. The second-order valence-corrected chi connectivity index (χ2v) is 2.10. The van der Waals surface area contributed by atoms with Crippen LogP contribution in [0.5, 0.6) is 0 Å². The molecule has 2 heteroatoms. The van der Waals surface area contributed by atoms with Gasteiger partial charge in [-0.2, -0.15) is 5.10 Å². The first-order valence-corrected chi connectivity index (χ1v) is 2.99. The fourth-order valence-electron chi connectivity index (χ4n) is 0.987. The minimum Gasteiger partial charge on any atom is -0.282 e. The summed E-state index contributed by atoms with van der Waals surface area (Å²) >= 11 is 0. The summed E-state index contributed by atoms with van der Waals surface area (Å²) in [6.45, 7) is 0. The van der Waals surface area contributed by atoms with Gasteiger partial charge in [0.25, 0.3) is 0 Å². The van der Waals surface area contributed by atoms with Gasteiger partial charge in [0, 0.05) is 11.3 Å². The van der Waals surface area contributed by atoms with E-state index in [-0.39, 0.29) is 0 Å². The van der Waals surface area contributed by atoms with Crippen molar-refractivity contribution in [2.24, 2.45) is 0 Å². The van der Waals surface area contributed by atoms with Crippen LogP contribution in [-0.2, 0) is 6.42 Å². The van der Waals surface area contributed by atoms with Gasteiger partial charge in [0.05, 0.1) is 6.20 Å². The Labute approximate surface area is 53.6 Å². The van der Waals surface area contributed by atoms with Crippen molar-refractivity contribution in [2.45, 2.75) is 6.42 Å². The summed E-state index contributed by atoms with van der Waals surface area (Å²) in [5.74, 6) is 0. The van der Waals surface area contributed by atoms with Crippen LogP contribution in [0.3, 0.4) is 0 Å². The number of fused-ring (bicyclic) bond motifs is 1. The molecule has 0 amide bonds. The summed E-state index contributed by atoms with van der Waals surface area (Å²) in [6, 6.07) is 0. The van der Waals surface area contributed by atoms with Crippen LogP contribution in [0.2, 0.25) is 0 Å². The molecular weight excluding hydrogens is 112 g/mol. The lowest BCUT2D eigenvalue weighted by atomic mass is 10.1. The largest absolute Gasteiger partial charge is 0.282 e. The standard InChI is InChI=1S/C7H7N2/c1-2-4-7-6(3-1)5-8-9-7/h1-3,5H,4H2,(H,8,9). The van der Waals surface area contributed by atoms with Crippen molar-refractivity contribution in [1.29, 1.82) is 0 Å². The van der Waals surface area contributed by atoms with Gasteiger partial charge >= 0.3 is 0 Å². The van der Waals surface area contributed by atoms with Gasteiger partial charge in [-0.05, 0) is 12.8 Å². The highest BCUT2D eigenvalue weighted by molar-refractivity contribution is 5.55. The molecule has 0 unspecified atom stereocenters. The zero-order valence-electron chi connectivity index (χ0n) is 4.96. The highest BCUT2D eigenvalue weighted by atomic mass is 15.1. The summed E-state index contributed by atoms with van der Waals surface area (Å²) in [7, 11) is 0. The third-order valence-electron chi connectivity index (χ3n) is 1.49. The topological polar surface area (TPSA) is 28.7 Å². The van der Waals surface area contributed by atoms with Crippen molar-refractivity contribution >= 4 is 6.08 Å². The fourth-order valence-corrected chi connectivity index (χ4v) is 0.987. The molecule has 1 aliphatic rings. The molecule has 1 aromatic rings. The summed E-state index contributed by atoms with van der Waals surface area (Å²) in [5, 5.41) is 6.83. The van der Waals surface area contributed by atoms with E-state index in [1.165, 1.54) is 11.3 Å². The molecule has 0 spiro atoms. The van der Waals surface area contributed by atoms with Crippen molar-refractivity contribution in [3.05, 3.63) is 30.0 Å². The Morgan fingerprint density at radius 3 is 3.44 bits per heavy atom. The van der Waals surface area contributed by atoms with Crippen molar-refractivity contribution in [3.63, 3.8) is 0 Å². The van der Waals surface area contributed by atoms with Crippen LogP contribution >= 0.6 is 0 Å². The van der Waals surface area contributed by atoms with Crippen LogP contribution in [0.1, 0.15) is 11.3 Å². The molecule has 1 N–H and O–H groups in total. The maximum absolute atomic E-state index is 3.91. The highest BCUT2D eigenvalue weighted by Crippen LogP contribution is 2.13. The summed E-state index contributed by atoms with van der Waals surface area (Å²) in [6.07, 6.45) is 9.06. The molecule has 2 rings (SSSR count). The molecule has 0 aliphatic heterocycles. The maximum Gasteiger partial charge on any atom is 0.0562 e. The summed E-state index contributed by atoms with van der Waals surface area (Å²) in [5.41, 5.74) is 2.44. The zero-order chi connectivity index (χ0) is 6.10. The van der Waals surface area contributed by atoms with Gasteiger partial charge in [0.1, 0.15) is 0 Å². The molecule has 0 fully saturated rings. The predicted molar refractivity (Wildman–Crippen MR) is 35.6 cm³/mol. The molecule has 9 heavy (non-hydrogen) atoms. The van der Waals surface area contributed by atoms with Gasteiger partial charge in [-0.1, -0.05) is 12.2 Å². The van der Waals surface area contributed by atoms with E-state index in [0.29, 0.717) is 0 Å². The molecule has 0 atom stereocenters. The number of aromatic amines is 1. The van der Waals surface area contributed by atoms with Gasteiger partial charge in [0.2, 0.25) is 0 Å². The number of nitrogens with one attached hydrogen (secondary N) is 1. The molecule has 45 valence electrons. The third kappa shape index (κ3) is 0.669. The summed E-state index contributed by atoms with van der Waals surface area (Å²) < 4.78 is 0. The fraction of sp³-hybridized carbons (Fsp3) is 0.143. The molecule has 1 radical (unpaired) electrons. The van der Waals surface area contributed by atoms with Crippen LogP contribution in [0, 0.1) is 6.42 Å². The Balaban J connectivity index is 2.53. The number of H-pyrrole nitrogens is 1. The van der Waals surface area contributed by atoms with Crippen LogP contribution in [0.15, 0.2) is 12.3 Å². The van der Waals surface area contributed by atoms with E-state index in [4.69, 9.17) is 0 Å². The van der Waals surface area contributed by atoms with E-state index in [9.17, 15) is 0 Å². The summed E-state index contributed by atoms with van der Waals surface area (Å²) in [4.78, 5) is 0. The first kappa shape index (κ1) is 4.79. The quantitative estimate of drug-likeness (QED) is 0.546. The number of nitrogens with zero attached hydrogens (tertiary/aromatic N) is 1. The lowest BCUT2D eigenvalue weighted by molar-refractivity contribution is 0.990. The van der Waals surface area contributed by atoms with Gasteiger partial charge in [-0.15, -0.1) is 0 Å². The van der Waals surface area contributed by atoms with Gasteiger partial charge in [-0.25, -0.2) is 0 Å². The second-order valence-electron chi connectivity index (χ2n) is 2.10. The highest BCUT2D eigenvalue weighted by Gasteiger charge is 2.03. The van der Waals surface area contributed by atoms with Crippen LogP contribution in [0.25, 0.3) is 6.08 Å². The van der Waals surface area contributed by atoms with Crippen LogP contribution < -0.4 is 0 Å². The predicted octanol–water partition coefficient (Wildman–Crippen LogP) is 1.18. The average Bonchev–Trinajstić information content (AvgIpc) is 2.33. The minimum absolute atomic E-state index is 0.992. The van der Waals surface area contributed by atoms with Gasteiger partial charge in [-0.3, -0.25) is 5.10 Å². The first-order valence-electron chi connectivity index (χ1n) is 2.99. The Morgan fingerprint density at radius 1 is 1.56 bits per heavy atom. The molecular formula is C7H7N2. The number of aromatic nitrogens is 2. The van der Waals surface area contributed by atoms with Crippen LogP contribution in [-0.4, -0.2) is 10.2 Å². The normalized spacial score (nSPS) is 15.6.